The molecule has 0 spiro atoms. The van der Waals surface area contributed by atoms with Crippen molar-refractivity contribution in [3.8, 4) is 0 Å². The highest BCUT2D eigenvalue weighted by molar-refractivity contribution is 7.92. The quantitative estimate of drug-likeness (QED) is 0.800. The summed E-state index contributed by atoms with van der Waals surface area (Å²) in [7, 11) is -3.42. The van der Waals surface area contributed by atoms with Crippen LogP contribution < -0.4 is 10.5 Å². The van der Waals surface area contributed by atoms with Gasteiger partial charge in [0.1, 0.15) is 4.99 Å². The second kappa shape index (κ2) is 5.85. The van der Waals surface area contributed by atoms with Gasteiger partial charge in [0.25, 0.3) is 0 Å². The third-order valence-corrected chi connectivity index (χ3v) is 4.44. The Morgan fingerprint density at radius 3 is 2.95 bits per heavy atom. The van der Waals surface area contributed by atoms with Crippen molar-refractivity contribution in [1.29, 1.82) is 0 Å². The lowest BCUT2D eigenvalue weighted by atomic mass is 10.2. The minimum atomic E-state index is -3.42. The summed E-state index contributed by atoms with van der Waals surface area (Å²) < 4.78 is 31.8. The summed E-state index contributed by atoms with van der Waals surface area (Å²) in [5, 5.41) is 0. The van der Waals surface area contributed by atoms with Crippen LogP contribution in [-0.4, -0.2) is 31.9 Å². The molecule has 1 aromatic rings. The molecule has 3 N–H and O–H groups in total. The van der Waals surface area contributed by atoms with Crippen LogP contribution in [0.25, 0.3) is 0 Å². The fourth-order valence-corrected chi connectivity index (χ4v) is 3.43. The van der Waals surface area contributed by atoms with Crippen LogP contribution in [0.4, 0.5) is 5.69 Å². The highest BCUT2D eigenvalue weighted by Crippen LogP contribution is 2.17. The van der Waals surface area contributed by atoms with Crippen molar-refractivity contribution in [3.05, 3.63) is 29.8 Å². The van der Waals surface area contributed by atoms with Crippen LogP contribution in [0.2, 0.25) is 0 Å². The van der Waals surface area contributed by atoms with Crippen molar-refractivity contribution in [2.24, 2.45) is 5.73 Å². The van der Waals surface area contributed by atoms with Gasteiger partial charge in [-0.15, -0.1) is 0 Å². The number of nitrogens with two attached hydrogens (primary N) is 1. The molecule has 5 nitrogen and oxygen atoms in total. The predicted octanol–water partition coefficient (Wildman–Crippen LogP) is 1.24. The van der Waals surface area contributed by atoms with Crippen molar-refractivity contribution < 1.29 is 13.2 Å². The first-order chi connectivity index (χ1) is 8.96. The van der Waals surface area contributed by atoms with Crippen LogP contribution in [0.5, 0.6) is 0 Å². The summed E-state index contributed by atoms with van der Waals surface area (Å²) >= 11 is 4.86. The molecule has 0 amide bonds. The molecule has 1 aliphatic rings. The third kappa shape index (κ3) is 4.15. The monoisotopic (exact) mass is 300 g/mol. The van der Waals surface area contributed by atoms with E-state index in [1.165, 1.54) is 0 Å². The second-order valence-electron chi connectivity index (χ2n) is 4.46. The van der Waals surface area contributed by atoms with E-state index in [4.69, 9.17) is 22.7 Å². The lowest BCUT2D eigenvalue weighted by Crippen LogP contribution is -2.25. The number of sulfonamides is 1. The fraction of sp³-hybridized carbons (Fsp3) is 0.417. The minimum Gasteiger partial charge on any atom is -0.389 e. The van der Waals surface area contributed by atoms with Gasteiger partial charge >= 0.3 is 0 Å². The standard InChI is InChI=1S/C12H16N2O3S2/c13-12(18)9-3-1-4-10(7-9)14-19(15,16)8-11-5-2-6-17-11/h1,3-4,7,11,14H,2,5-6,8H2,(H2,13,18). The molecular formula is C12H16N2O3S2. The van der Waals surface area contributed by atoms with Crippen molar-refractivity contribution in [1.82, 2.24) is 0 Å². The molecule has 1 heterocycles. The summed E-state index contributed by atoms with van der Waals surface area (Å²) in [6.07, 6.45) is 1.49. The van der Waals surface area contributed by atoms with Gasteiger partial charge in [-0.2, -0.15) is 0 Å². The van der Waals surface area contributed by atoms with E-state index in [-0.39, 0.29) is 16.8 Å². The van der Waals surface area contributed by atoms with E-state index < -0.39 is 10.0 Å². The Bertz CT molecular complexity index is 566. The van der Waals surface area contributed by atoms with Crippen molar-refractivity contribution >= 4 is 32.9 Å². The maximum atomic E-state index is 12.0. The van der Waals surface area contributed by atoms with Gasteiger partial charge in [-0.1, -0.05) is 24.4 Å². The van der Waals surface area contributed by atoms with Crippen LogP contribution in [-0.2, 0) is 14.8 Å². The summed E-state index contributed by atoms with van der Waals surface area (Å²) in [5.74, 6) is -0.0235. The Kier molecular flexibility index (Phi) is 4.38. The van der Waals surface area contributed by atoms with Gasteiger partial charge in [-0.25, -0.2) is 8.42 Å². The van der Waals surface area contributed by atoms with Gasteiger partial charge in [0.05, 0.1) is 11.9 Å². The predicted molar refractivity (Wildman–Crippen MR) is 78.7 cm³/mol. The molecule has 0 saturated carbocycles. The van der Waals surface area contributed by atoms with Gasteiger partial charge in [-0.3, -0.25) is 4.72 Å². The molecule has 1 fully saturated rings. The molecule has 0 aromatic heterocycles. The normalized spacial score (nSPS) is 19.3. The van der Waals surface area contributed by atoms with E-state index in [9.17, 15) is 8.42 Å². The SMILES string of the molecule is NC(=S)c1cccc(NS(=O)(=O)CC2CCCO2)c1. The van der Waals surface area contributed by atoms with E-state index in [1.54, 1.807) is 24.3 Å². The summed E-state index contributed by atoms with van der Waals surface area (Å²) in [6, 6.07) is 6.73. The summed E-state index contributed by atoms with van der Waals surface area (Å²) in [5.41, 5.74) is 6.61. The third-order valence-electron chi connectivity index (χ3n) is 2.85. The van der Waals surface area contributed by atoms with Crippen LogP contribution >= 0.6 is 12.2 Å². The van der Waals surface area contributed by atoms with Crippen molar-refractivity contribution in [2.75, 3.05) is 17.1 Å². The average Bonchev–Trinajstić information content (AvgIpc) is 2.80. The highest BCUT2D eigenvalue weighted by atomic mass is 32.2. The number of anilines is 1. The molecule has 2 rings (SSSR count). The molecule has 104 valence electrons. The van der Waals surface area contributed by atoms with Crippen LogP contribution in [0, 0.1) is 0 Å². The first kappa shape index (κ1) is 14.2. The largest absolute Gasteiger partial charge is 0.389 e. The van der Waals surface area contributed by atoms with E-state index in [1.807, 2.05) is 0 Å². The maximum Gasteiger partial charge on any atom is 0.235 e. The van der Waals surface area contributed by atoms with E-state index in [0.29, 0.717) is 17.9 Å². The van der Waals surface area contributed by atoms with E-state index in [0.717, 1.165) is 12.8 Å². The molecule has 0 bridgehead atoms. The molecule has 0 aliphatic carbocycles. The second-order valence-corrected chi connectivity index (χ2v) is 6.67. The number of hydrogen-bond donors (Lipinski definition) is 2. The first-order valence-corrected chi connectivity index (χ1v) is 8.04. The van der Waals surface area contributed by atoms with E-state index >= 15 is 0 Å². The Morgan fingerprint density at radius 2 is 2.32 bits per heavy atom. The number of nitrogens with one attached hydrogen (secondary N) is 1. The van der Waals surface area contributed by atoms with Crippen LogP contribution in [0.3, 0.4) is 0 Å². The molecule has 1 aliphatic heterocycles. The summed E-state index contributed by atoms with van der Waals surface area (Å²) in [4.78, 5) is 0.236. The zero-order chi connectivity index (χ0) is 13.9. The molecule has 1 aromatic carbocycles. The lowest BCUT2D eigenvalue weighted by molar-refractivity contribution is 0.127. The maximum absolute atomic E-state index is 12.0. The van der Waals surface area contributed by atoms with Crippen LogP contribution in [0.1, 0.15) is 18.4 Å². The van der Waals surface area contributed by atoms with Crippen LogP contribution in [0.15, 0.2) is 24.3 Å². The minimum absolute atomic E-state index is 0.0235. The molecule has 1 saturated heterocycles. The average molecular weight is 300 g/mol. The number of thiocarbonyl (C=S) groups is 1. The number of benzene rings is 1. The number of ether oxygens (including phenoxy) is 1. The molecule has 1 atom stereocenters. The van der Waals surface area contributed by atoms with Gasteiger partial charge in [0, 0.05) is 17.9 Å². The van der Waals surface area contributed by atoms with Gasteiger partial charge in [0.15, 0.2) is 0 Å². The Morgan fingerprint density at radius 1 is 1.53 bits per heavy atom. The van der Waals surface area contributed by atoms with Crippen molar-refractivity contribution in [3.63, 3.8) is 0 Å². The molecule has 0 radical (unpaired) electrons. The number of hydrogen-bond acceptors (Lipinski definition) is 4. The number of rotatable bonds is 5. The Hall–Kier alpha value is -1.18. The molecule has 7 heteroatoms. The summed E-state index contributed by atoms with van der Waals surface area (Å²) in [6.45, 7) is 0.636. The highest BCUT2D eigenvalue weighted by Gasteiger charge is 2.23. The topological polar surface area (TPSA) is 81.4 Å². The van der Waals surface area contributed by atoms with Gasteiger partial charge < -0.3 is 10.5 Å². The van der Waals surface area contributed by atoms with E-state index in [2.05, 4.69) is 4.72 Å². The molecular weight excluding hydrogens is 284 g/mol. The molecule has 19 heavy (non-hydrogen) atoms. The fourth-order valence-electron chi connectivity index (χ4n) is 1.98. The lowest BCUT2D eigenvalue weighted by Gasteiger charge is -2.12. The zero-order valence-electron chi connectivity index (χ0n) is 10.3. The smallest absolute Gasteiger partial charge is 0.235 e. The Balaban J connectivity index is 2.06. The van der Waals surface area contributed by atoms with Gasteiger partial charge in [0.2, 0.25) is 10.0 Å². The Labute approximate surface area is 118 Å². The zero-order valence-corrected chi connectivity index (χ0v) is 12.0. The van der Waals surface area contributed by atoms with Gasteiger partial charge in [-0.05, 0) is 25.0 Å². The first-order valence-electron chi connectivity index (χ1n) is 5.98. The molecule has 1 unspecified atom stereocenters. The van der Waals surface area contributed by atoms with Crippen molar-refractivity contribution in [2.45, 2.75) is 18.9 Å².